The molecule has 0 unspecified atom stereocenters. The Bertz CT molecular complexity index is 575. The van der Waals surface area contributed by atoms with E-state index in [4.69, 9.17) is 0 Å². The Labute approximate surface area is 131 Å². The van der Waals surface area contributed by atoms with E-state index >= 15 is 0 Å². The first kappa shape index (κ1) is 16.2. The van der Waals surface area contributed by atoms with Gasteiger partial charge in [0.25, 0.3) is 0 Å². The predicted octanol–water partition coefficient (Wildman–Crippen LogP) is 2.74. The van der Waals surface area contributed by atoms with Crippen LogP contribution in [0.15, 0.2) is 36.9 Å². The van der Waals surface area contributed by atoms with Crippen LogP contribution in [0.25, 0.3) is 0 Å². The zero-order valence-electron chi connectivity index (χ0n) is 13.5. The molecular formula is C17H24N4O. The molecule has 1 N–H and O–H groups in total. The van der Waals surface area contributed by atoms with Gasteiger partial charge >= 0.3 is 0 Å². The fourth-order valence-electron chi connectivity index (χ4n) is 2.38. The molecule has 0 aliphatic carbocycles. The number of hydrogen-bond donors (Lipinski definition) is 1. The van der Waals surface area contributed by atoms with Crippen LogP contribution >= 0.6 is 0 Å². The SMILES string of the molecule is CC(C)Cc1ccc([C@H](C)NC(=O)CCn2cncn2)cc1. The van der Waals surface area contributed by atoms with Crippen molar-refractivity contribution in [2.24, 2.45) is 5.92 Å². The minimum absolute atomic E-state index is 0.0105. The molecule has 2 aromatic rings. The van der Waals surface area contributed by atoms with E-state index in [1.165, 1.54) is 11.9 Å². The summed E-state index contributed by atoms with van der Waals surface area (Å²) in [6, 6.07) is 8.50. The largest absolute Gasteiger partial charge is 0.350 e. The molecule has 0 aliphatic heterocycles. The van der Waals surface area contributed by atoms with Gasteiger partial charge in [0.2, 0.25) is 5.91 Å². The van der Waals surface area contributed by atoms with Gasteiger partial charge in [0.1, 0.15) is 12.7 Å². The zero-order valence-corrected chi connectivity index (χ0v) is 13.5. The van der Waals surface area contributed by atoms with Gasteiger partial charge in [-0.15, -0.1) is 0 Å². The maximum absolute atomic E-state index is 12.0. The predicted molar refractivity (Wildman–Crippen MR) is 86.2 cm³/mol. The van der Waals surface area contributed by atoms with Crippen molar-refractivity contribution in [1.82, 2.24) is 20.1 Å². The Morgan fingerprint density at radius 2 is 1.95 bits per heavy atom. The molecule has 1 heterocycles. The van der Waals surface area contributed by atoms with Crippen molar-refractivity contribution < 1.29 is 4.79 Å². The number of nitrogens with one attached hydrogen (secondary N) is 1. The first-order valence-corrected chi connectivity index (χ1v) is 7.75. The van der Waals surface area contributed by atoms with Gasteiger partial charge in [-0.1, -0.05) is 38.1 Å². The van der Waals surface area contributed by atoms with Crippen molar-refractivity contribution >= 4 is 5.91 Å². The number of rotatable bonds is 7. The number of amides is 1. The highest BCUT2D eigenvalue weighted by molar-refractivity contribution is 5.76. The van der Waals surface area contributed by atoms with E-state index in [9.17, 15) is 4.79 Å². The minimum atomic E-state index is 0.0105. The Kier molecular flexibility index (Phi) is 5.69. The standard InChI is InChI=1S/C17H24N4O/c1-13(2)10-15-4-6-16(7-5-15)14(3)20-17(22)8-9-21-12-18-11-19-21/h4-7,11-14H,8-10H2,1-3H3,(H,20,22)/t14-/m0/s1. The van der Waals surface area contributed by atoms with Gasteiger partial charge in [-0.3, -0.25) is 9.48 Å². The summed E-state index contributed by atoms with van der Waals surface area (Å²) in [6.45, 7) is 6.98. The average molecular weight is 300 g/mol. The summed E-state index contributed by atoms with van der Waals surface area (Å²) in [5, 5.41) is 7.00. The Morgan fingerprint density at radius 1 is 1.23 bits per heavy atom. The number of nitrogens with zero attached hydrogens (tertiary/aromatic N) is 3. The van der Waals surface area contributed by atoms with Crippen molar-refractivity contribution in [3.05, 3.63) is 48.0 Å². The van der Waals surface area contributed by atoms with Gasteiger partial charge in [-0.25, -0.2) is 4.98 Å². The van der Waals surface area contributed by atoms with Crippen LogP contribution in [0.5, 0.6) is 0 Å². The summed E-state index contributed by atoms with van der Waals surface area (Å²) in [6.07, 6.45) is 4.57. The lowest BCUT2D eigenvalue weighted by Gasteiger charge is -2.15. The fourth-order valence-corrected chi connectivity index (χ4v) is 2.38. The van der Waals surface area contributed by atoms with Gasteiger partial charge in [-0.05, 0) is 30.4 Å². The van der Waals surface area contributed by atoms with Gasteiger partial charge < -0.3 is 5.32 Å². The van der Waals surface area contributed by atoms with Crippen LogP contribution in [0.3, 0.4) is 0 Å². The maximum Gasteiger partial charge on any atom is 0.222 e. The Morgan fingerprint density at radius 3 is 2.55 bits per heavy atom. The van der Waals surface area contributed by atoms with Crippen molar-refractivity contribution in [2.45, 2.75) is 46.2 Å². The number of benzene rings is 1. The Hall–Kier alpha value is -2.17. The van der Waals surface area contributed by atoms with Crippen LogP contribution in [-0.4, -0.2) is 20.7 Å². The molecule has 118 valence electrons. The number of aryl methyl sites for hydroxylation is 1. The molecule has 2 rings (SSSR count). The molecule has 5 nitrogen and oxygen atoms in total. The molecule has 1 aromatic heterocycles. The third-order valence-corrected chi connectivity index (χ3v) is 3.54. The molecule has 1 amide bonds. The first-order valence-electron chi connectivity index (χ1n) is 7.75. The van der Waals surface area contributed by atoms with Crippen molar-refractivity contribution in [3.8, 4) is 0 Å². The van der Waals surface area contributed by atoms with E-state index < -0.39 is 0 Å². The van der Waals surface area contributed by atoms with Crippen LogP contribution in [-0.2, 0) is 17.8 Å². The lowest BCUT2D eigenvalue weighted by Crippen LogP contribution is -2.27. The summed E-state index contributed by atoms with van der Waals surface area (Å²) in [5.74, 6) is 0.675. The molecule has 0 aliphatic rings. The topological polar surface area (TPSA) is 59.8 Å². The molecule has 0 saturated carbocycles. The molecule has 22 heavy (non-hydrogen) atoms. The summed E-state index contributed by atoms with van der Waals surface area (Å²) < 4.78 is 1.66. The van der Waals surface area contributed by atoms with Crippen molar-refractivity contribution in [3.63, 3.8) is 0 Å². The van der Waals surface area contributed by atoms with Crippen LogP contribution in [0.4, 0.5) is 0 Å². The molecule has 0 bridgehead atoms. The van der Waals surface area contributed by atoms with Crippen molar-refractivity contribution in [1.29, 1.82) is 0 Å². The molecular weight excluding hydrogens is 276 g/mol. The second-order valence-corrected chi connectivity index (χ2v) is 6.04. The van der Waals surface area contributed by atoms with Crippen LogP contribution in [0.2, 0.25) is 0 Å². The van der Waals surface area contributed by atoms with Gasteiger partial charge in [0.15, 0.2) is 0 Å². The summed E-state index contributed by atoms with van der Waals surface area (Å²) in [4.78, 5) is 15.8. The van der Waals surface area contributed by atoms with E-state index in [0.717, 1.165) is 12.0 Å². The fraction of sp³-hybridized carbons (Fsp3) is 0.471. The molecule has 0 radical (unpaired) electrons. The second kappa shape index (κ2) is 7.73. The lowest BCUT2D eigenvalue weighted by molar-refractivity contribution is -0.122. The normalized spacial score (nSPS) is 12.4. The highest BCUT2D eigenvalue weighted by Gasteiger charge is 2.10. The van der Waals surface area contributed by atoms with E-state index in [-0.39, 0.29) is 11.9 Å². The lowest BCUT2D eigenvalue weighted by atomic mass is 10.00. The molecule has 1 atom stereocenters. The monoisotopic (exact) mass is 300 g/mol. The van der Waals surface area contributed by atoms with Gasteiger partial charge in [0.05, 0.1) is 12.6 Å². The van der Waals surface area contributed by atoms with E-state index in [2.05, 4.69) is 53.5 Å². The van der Waals surface area contributed by atoms with E-state index in [1.807, 2.05) is 6.92 Å². The van der Waals surface area contributed by atoms with E-state index in [1.54, 1.807) is 11.0 Å². The molecule has 5 heteroatoms. The number of carbonyl (C=O) groups is 1. The average Bonchev–Trinajstić information content (AvgIpc) is 2.98. The summed E-state index contributed by atoms with van der Waals surface area (Å²) >= 11 is 0. The molecule has 1 aromatic carbocycles. The number of hydrogen-bond acceptors (Lipinski definition) is 3. The summed E-state index contributed by atoms with van der Waals surface area (Å²) in [5.41, 5.74) is 2.46. The van der Waals surface area contributed by atoms with Crippen LogP contribution in [0, 0.1) is 5.92 Å². The third-order valence-electron chi connectivity index (χ3n) is 3.54. The second-order valence-electron chi connectivity index (χ2n) is 6.04. The van der Waals surface area contributed by atoms with Crippen LogP contribution in [0.1, 0.15) is 44.4 Å². The first-order chi connectivity index (χ1) is 10.5. The highest BCUT2D eigenvalue weighted by Crippen LogP contribution is 2.15. The van der Waals surface area contributed by atoms with Crippen LogP contribution < -0.4 is 5.32 Å². The van der Waals surface area contributed by atoms with Gasteiger partial charge in [0, 0.05) is 6.42 Å². The highest BCUT2D eigenvalue weighted by atomic mass is 16.1. The molecule has 0 saturated heterocycles. The third kappa shape index (κ3) is 4.98. The number of aromatic nitrogens is 3. The van der Waals surface area contributed by atoms with Crippen molar-refractivity contribution in [2.75, 3.05) is 0 Å². The Balaban J connectivity index is 1.83. The summed E-state index contributed by atoms with van der Waals surface area (Å²) in [7, 11) is 0. The molecule has 0 spiro atoms. The quantitative estimate of drug-likeness (QED) is 0.855. The van der Waals surface area contributed by atoms with Gasteiger partial charge in [-0.2, -0.15) is 5.10 Å². The van der Waals surface area contributed by atoms with E-state index in [0.29, 0.717) is 18.9 Å². The number of carbonyl (C=O) groups excluding carboxylic acids is 1. The smallest absolute Gasteiger partial charge is 0.222 e. The molecule has 0 fully saturated rings. The maximum atomic E-state index is 12.0. The zero-order chi connectivity index (χ0) is 15.9. The minimum Gasteiger partial charge on any atom is -0.350 e.